The number of ether oxygens (including phenoxy) is 1. The average molecular weight is 399 g/mol. The Morgan fingerprint density at radius 2 is 1.82 bits per heavy atom. The summed E-state index contributed by atoms with van der Waals surface area (Å²) in [6.45, 7) is 3.85. The van der Waals surface area contributed by atoms with Crippen molar-refractivity contribution in [2.24, 2.45) is 0 Å². The molecule has 0 saturated carbocycles. The van der Waals surface area contributed by atoms with E-state index in [1.54, 1.807) is 12.1 Å². The van der Waals surface area contributed by atoms with Crippen molar-refractivity contribution >= 4 is 29.2 Å². The lowest BCUT2D eigenvalue weighted by Gasteiger charge is -2.17. The highest BCUT2D eigenvalue weighted by Gasteiger charge is 2.09. The molecule has 3 N–H and O–H groups in total. The molecule has 0 unspecified atom stereocenters. The molecule has 0 fully saturated rings. The molecule has 8 heteroatoms. The lowest BCUT2D eigenvalue weighted by molar-refractivity contribution is 0.229. The van der Waals surface area contributed by atoms with Crippen LogP contribution >= 0.6 is 11.6 Å². The molecule has 28 heavy (non-hydrogen) atoms. The van der Waals surface area contributed by atoms with Gasteiger partial charge in [0.15, 0.2) is 0 Å². The predicted molar refractivity (Wildman–Crippen MR) is 112 cm³/mol. The number of likely N-dealkylation sites (N-methyl/N-ethyl adjacent to an activating group) is 1. The van der Waals surface area contributed by atoms with Gasteiger partial charge in [0.1, 0.15) is 18.2 Å². The third-order valence-electron chi connectivity index (χ3n) is 4.03. The summed E-state index contributed by atoms with van der Waals surface area (Å²) in [6.07, 6.45) is 0. The number of benzene rings is 2. The van der Waals surface area contributed by atoms with Crippen molar-refractivity contribution in [1.82, 2.24) is 19.9 Å². The Kier molecular flexibility index (Phi) is 6.62. The molecule has 3 aromatic rings. The monoisotopic (exact) mass is 398 g/mol. The summed E-state index contributed by atoms with van der Waals surface area (Å²) in [5.41, 5.74) is 7.78. The van der Waals surface area contributed by atoms with Gasteiger partial charge in [0.05, 0.1) is 6.54 Å². The molecule has 0 radical (unpaired) electrons. The minimum absolute atomic E-state index is 0.172. The molecule has 0 aliphatic rings. The molecule has 0 spiro atoms. The highest BCUT2D eigenvalue weighted by molar-refractivity contribution is 6.30. The highest BCUT2D eigenvalue weighted by atomic mass is 35.5. The lowest BCUT2D eigenvalue weighted by atomic mass is 10.2. The predicted octanol–water partition coefficient (Wildman–Crippen LogP) is 3.67. The first-order valence-electron chi connectivity index (χ1n) is 8.89. The standard InChI is InChI=1S/C20H23ClN6O/c1-14-5-3-4-6-17(14)28-12-11-27(2)13-18-24-19(22)26-20(25-18)23-16-9-7-15(21)8-10-16/h3-10H,11-13H2,1-2H3,(H3,22,23,24,25,26). The van der Waals surface area contributed by atoms with E-state index in [1.807, 2.05) is 50.4 Å². The topological polar surface area (TPSA) is 89.2 Å². The number of rotatable bonds is 8. The van der Waals surface area contributed by atoms with Crippen molar-refractivity contribution in [1.29, 1.82) is 0 Å². The lowest BCUT2D eigenvalue weighted by Crippen LogP contribution is -2.25. The quantitative estimate of drug-likeness (QED) is 0.598. The number of nitrogen functional groups attached to an aromatic ring is 1. The van der Waals surface area contributed by atoms with Crippen LogP contribution in [-0.2, 0) is 6.54 Å². The minimum Gasteiger partial charge on any atom is -0.492 e. The summed E-state index contributed by atoms with van der Waals surface area (Å²) < 4.78 is 5.84. The molecule has 0 atom stereocenters. The van der Waals surface area contributed by atoms with Crippen molar-refractivity contribution in [3.05, 3.63) is 64.9 Å². The molecule has 0 saturated heterocycles. The van der Waals surface area contributed by atoms with Crippen molar-refractivity contribution in [2.75, 3.05) is 31.2 Å². The van der Waals surface area contributed by atoms with Gasteiger partial charge < -0.3 is 15.8 Å². The Morgan fingerprint density at radius 1 is 1.07 bits per heavy atom. The van der Waals surface area contributed by atoms with Crippen LogP contribution in [0.5, 0.6) is 5.75 Å². The van der Waals surface area contributed by atoms with Gasteiger partial charge >= 0.3 is 0 Å². The smallest absolute Gasteiger partial charge is 0.232 e. The van der Waals surface area contributed by atoms with Gasteiger partial charge in [0.25, 0.3) is 0 Å². The van der Waals surface area contributed by atoms with E-state index < -0.39 is 0 Å². The molecule has 1 heterocycles. The molecular weight excluding hydrogens is 376 g/mol. The molecule has 0 amide bonds. The Balaban J connectivity index is 1.56. The molecule has 7 nitrogen and oxygen atoms in total. The summed E-state index contributed by atoms with van der Waals surface area (Å²) in [6, 6.07) is 15.2. The van der Waals surface area contributed by atoms with Crippen LogP contribution in [0.4, 0.5) is 17.6 Å². The number of anilines is 3. The fourth-order valence-electron chi connectivity index (χ4n) is 2.58. The van der Waals surface area contributed by atoms with Crippen LogP contribution in [0, 0.1) is 6.92 Å². The third kappa shape index (κ3) is 5.80. The highest BCUT2D eigenvalue weighted by Crippen LogP contribution is 2.18. The van der Waals surface area contributed by atoms with E-state index in [4.69, 9.17) is 22.1 Å². The zero-order chi connectivity index (χ0) is 19.9. The maximum absolute atomic E-state index is 5.91. The Morgan fingerprint density at radius 3 is 2.57 bits per heavy atom. The molecule has 146 valence electrons. The van der Waals surface area contributed by atoms with E-state index in [-0.39, 0.29) is 5.95 Å². The van der Waals surface area contributed by atoms with Crippen molar-refractivity contribution in [2.45, 2.75) is 13.5 Å². The van der Waals surface area contributed by atoms with Crippen LogP contribution in [-0.4, -0.2) is 40.1 Å². The molecule has 3 rings (SSSR count). The van der Waals surface area contributed by atoms with E-state index in [0.29, 0.717) is 29.9 Å². The number of aromatic nitrogens is 3. The van der Waals surface area contributed by atoms with Crippen molar-refractivity contribution < 1.29 is 4.74 Å². The molecule has 2 aromatic carbocycles. The fraction of sp³-hybridized carbons (Fsp3) is 0.250. The first-order chi connectivity index (χ1) is 13.5. The second-order valence-corrected chi connectivity index (χ2v) is 6.85. The number of nitrogens with zero attached hydrogens (tertiary/aromatic N) is 4. The number of aryl methyl sites for hydroxylation is 1. The molecular formula is C20H23ClN6O. The molecule has 0 aliphatic heterocycles. The van der Waals surface area contributed by atoms with E-state index in [0.717, 1.165) is 23.5 Å². The van der Waals surface area contributed by atoms with Crippen LogP contribution in [0.3, 0.4) is 0 Å². The molecule has 0 aliphatic carbocycles. The molecule has 0 bridgehead atoms. The maximum Gasteiger partial charge on any atom is 0.232 e. The van der Waals surface area contributed by atoms with Crippen LogP contribution in [0.15, 0.2) is 48.5 Å². The number of hydrogen-bond donors (Lipinski definition) is 2. The normalized spacial score (nSPS) is 10.9. The van der Waals surface area contributed by atoms with E-state index >= 15 is 0 Å². The summed E-state index contributed by atoms with van der Waals surface area (Å²) in [5.74, 6) is 2.05. The molecule has 1 aromatic heterocycles. The summed E-state index contributed by atoms with van der Waals surface area (Å²) in [5, 5.41) is 3.78. The van der Waals surface area contributed by atoms with Crippen LogP contribution in [0.2, 0.25) is 5.02 Å². The van der Waals surface area contributed by atoms with Gasteiger partial charge in [-0.1, -0.05) is 29.8 Å². The van der Waals surface area contributed by atoms with E-state index in [1.165, 1.54) is 0 Å². The minimum atomic E-state index is 0.172. The zero-order valence-corrected chi connectivity index (χ0v) is 16.6. The second kappa shape index (κ2) is 9.34. The van der Waals surface area contributed by atoms with Crippen LogP contribution < -0.4 is 15.8 Å². The first kappa shape index (κ1) is 19.9. The fourth-order valence-corrected chi connectivity index (χ4v) is 2.70. The number of halogens is 1. The van der Waals surface area contributed by atoms with Gasteiger partial charge in [-0.05, 0) is 49.9 Å². The van der Waals surface area contributed by atoms with E-state index in [2.05, 4.69) is 25.2 Å². The van der Waals surface area contributed by atoms with Gasteiger partial charge in [-0.25, -0.2) is 0 Å². The van der Waals surface area contributed by atoms with Crippen molar-refractivity contribution in [3.63, 3.8) is 0 Å². The number of para-hydroxylation sites is 1. The maximum atomic E-state index is 5.91. The summed E-state index contributed by atoms with van der Waals surface area (Å²) >= 11 is 5.91. The second-order valence-electron chi connectivity index (χ2n) is 6.42. The zero-order valence-electron chi connectivity index (χ0n) is 15.9. The van der Waals surface area contributed by atoms with E-state index in [9.17, 15) is 0 Å². The Bertz CT molecular complexity index is 919. The first-order valence-corrected chi connectivity index (χ1v) is 9.27. The van der Waals surface area contributed by atoms with Gasteiger partial charge in [-0.15, -0.1) is 0 Å². The summed E-state index contributed by atoms with van der Waals surface area (Å²) in [4.78, 5) is 14.9. The SMILES string of the molecule is Cc1ccccc1OCCN(C)Cc1nc(N)nc(Nc2ccc(Cl)cc2)n1. The number of nitrogens with one attached hydrogen (secondary N) is 1. The third-order valence-corrected chi connectivity index (χ3v) is 4.29. The number of hydrogen-bond acceptors (Lipinski definition) is 7. The largest absolute Gasteiger partial charge is 0.492 e. The van der Waals surface area contributed by atoms with Gasteiger partial charge in [-0.2, -0.15) is 15.0 Å². The van der Waals surface area contributed by atoms with Crippen LogP contribution in [0.1, 0.15) is 11.4 Å². The average Bonchev–Trinajstić information content (AvgIpc) is 2.65. The van der Waals surface area contributed by atoms with Gasteiger partial charge in [0, 0.05) is 17.3 Å². The van der Waals surface area contributed by atoms with Crippen molar-refractivity contribution in [3.8, 4) is 5.75 Å². The van der Waals surface area contributed by atoms with Gasteiger partial charge in [-0.3, -0.25) is 4.90 Å². The number of nitrogens with two attached hydrogens (primary N) is 1. The Hall–Kier alpha value is -2.90. The van der Waals surface area contributed by atoms with Gasteiger partial charge in [0.2, 0.25) is 11.9 Å². The Labute approximate surface area is 169 Å². The van der Waals surface area contributed by atoms with Crippen LogP contribution in [0.25, 0.3) is 0 Å². The summed E-state index contributed by atoms with van der Waals surface area (Å²) in [7, 11) is 1.98.